The third-order valence-electron chi connectivity index (χ3n) is 1.66. The van der Waals surface area contributed by atoms with Crippen molar-refractivity contribution in [1.82, 2.24) is 0 Å². The topological polar surface area (TPSA) is 0 Å². The van der Waals surface area contributed by atoms with Crippen LogP contribution in [0.1, 0.15) is 6.42 Å². The van der Waals surface area contributed by atoms with Crippen molar-refractivity contribution in [3.8, 4) is 0 Å². The van der Waals surface area contributed by atoms with Gasteiger partial charge in [-0.1, -0.05) is 6.92 Å². The van der Waals surface area contributed by atoms with Gasteiger partial charge < -0.3 is 0 Å². The van der Waals surface area contributed by atoms with Crippen LogP contribution in [0.25, 0.3) is 0 Å². The molecule has 0 heterocycles. The minimum Gasteiger partial charge on any atom is -0.241 e. The molecule has 0 aromatic carbocycles. The molecular formula is C7H7F8. The van der Waals surface area contributed by atoms with Crippen molar-refractivity contribution < 1.29 is 35.1 Å². The van der Waals surface area contributed by atoms with Crippen LogP contribution in [0.2, 0.25) is 0 Å². The van der Waals surface area contributed by atoms with E-state index in [-0.39, 0.29) is 0 Å². The maximum absolute atomic E-state index is 12.5. The Bertz CT molecular complexity index is 201. The van der Waals surface area contributed by atoms with E-state index in [0.717, 1.165) is 0 Å². The van der Waals surface area contributed by atoms with Gasteiger partial charge in [-0.15, -0.1) is 0 Å². The average Bonchev–Trinajstić information content (AvgIpc) is 2.14. The van der Waals surface area contributed by atoms with Crippen LogP contribution in [0.5, 0.6) is 0 Å². The van der Waals surface area contributed by atoms with E-state index < -0.39 is 37.0 Å². The molecule has 0 aliphatic heterocycles. The minimum absolute atomic E-state index is 1.28. The standard InChI is InChI=1S/C7H7F8/c1-2-3(8)6(12,13)7(14,15)4(9)5(10)11/h3-5H,1-2H2/t3?,4-/m0/s1. The highest BCUT2D eigenvalue weighted by molar-refractivity contribution is 4.97. The molecule has 0 aliphatic carbocycles. The Morgan fingerprint density at radius 3 is 1.53 bits per heavy atom. The molecule has 0 fully saturated rings. The molecule has 1 unspecified atom stereocenters. The molecule has 0 aliphatic rings. The maximum atomic E-state index is 12.5. The minimum atomic E-state index is -5.77. The normalized spacial score (nSPS) is 18.0. The second-order valence-corrected chi connectivity index (χ2v) is 2.74. The van der Waals surface area contributed by atoms with E-state index in [0.29, 0.717) is 0 Å². The van der Waals surface area contributed by atoms with Crippen LogP contribution in [0.4, 0.5) is 35.1 Å². The van der Waals surface area contributed by atoms with Crippen LogP contribution < -0.4 is 0 Å². The van der Waals surface area contributed by atoms with Gasteiger partial charge in [0.25, 0.3) is 6.43 Å². The summed E-state index contributed by atoms with van der Waals surface area (Å²) in [6.45, 7) is 2.57. The highest BCUT2D eigenvalue weighted by atomic mass is 19.3. The van der Waals surface area contributed by atoms with Crippen molar-refractivity contribution in [2.24, 2.45) is 0 Å². The fraction of sp³-hybridized carbons (Fsp3) is 0.857. The molecule has 0 aromatic heterocycles. The van der Waals surface area contributed by atoms with Crippen LogP contribution in [-0.2, 0) is 0 Å². The second kappa shape index (κ2) is 4.52. The van der Waals surface area contributed by atoms with E-state index in [2.05, 4.69) is 6.92 Å². The number of halogens is 8. The summed E-state index contributed by atoms with van der Waals surface area (Å²) < 4.78 is 97.2. The number of hydrogen-bond donors (Lipinski definition) is 0. The average molecular weight is 243 g/mol. The van der Waals surface area contributed by atoms with E-state index in [1.54, 1.807) is 0 Å². The lowest BCUT2D eigenvalue weighted by Gasteiger charge is -2.30. The van der Waals surface area contributed by atoms with E-state index in [9.17, 15) is 35.1 Å². The SMILES string of the molecule is [CH2]CC(F)C(F)(F)C(F)(F)[C@@H](F)C(F)F. The number of alkyl halides is 8. The Hall–Kier alpha value is -0.560. The van der Waals surface area contributed by atoms with Gasteiger partial charge >= 0.3 is 11.8 Å². The van der Waals surface area contributed by atoms with Gasteiger partial charge in [0.05, 0.1) is 0 Å². The largest absolute Gasteiger partial charge is 0.349 e. The third kappa shape index (κ3) is 2.52. The van der Waals surface area contributed by atoms with Gasteiger partial charge in [0.15, 0.2) is 6.17 Å². The summed E-state index contributed by atoms with van der Waals surface area (Å²) in [5.74, 6) is -11.3. The van der Waals surface area contributed by atoms with Gasteiger partial charge in [-0.05, 0) is 6.42 Å². The lowest BCUT2D eigenvalue weighted by atomic mass is 10.0. The highest BCUT2D eigenvalue weighted by Crippen LogP contribution is 2.44. The summed E-state index contributed by atoms with van der Waals surface area (Å²) in [7, 11) is 0. The first kappa shape index (κ1) is 14.4. The molecule has 0 rings (SSSR count). The number of hydrogen-bond acceptors (Lipinski definition) is 0. The molecule has 15 heavy (non-hydrogen) atoms. The summed E-state index contributed by atoms with van der Waals surface area (Å²) in [5.41, 5.74) is 0. The molecule has 8 heteroatoms. The molecule has 0 saturated heterocycles. The summed E-state index contributed by atoms with van der Waals surface area (Å²) in [5, 5.41) is 0. The molecule has 0 aromatic rings. The van der Waals surface area contributed by atoms with Gasteiger partial charge in [-0.3, -0.25) is 0 Å². The van der Waals surface area contributed by atoms with Gasteiger partial charge in [0.1, 0.15) is 0 Å². The first-order chi connectivity index (χ1) is 6.59. The smallest absolute Gasteiger partial charge is 0.241 e. The fourth-order valence-electron chi connectivity index (χ4n) is 0.732. The van der Waals surface area contributed by atoms with E-state index in [4.69, 9.17) is 0 Å². The zero-order valence-corrected chi connectivity index (χ0v) is 7.17. The molecule has 0 nitrogen and oxygen atoms in total. The molecule has 0 amide bonds. The van der Waals surface area contributed by atoms with Crippen LogP contribution in [-0.4, -0.2) is 30.6 Å². The highest BCUT2D eigenvalue weighted by Gasteiger charge is 2.67. The zero-order chi connectivity index (χ0) is 12.4. The molecule has 2 atom stereocenters. The summed E-state index contributed by atoms with van der Waals surface area (Å²) in [6.07, 6.45) is -13.5. The quantitative estimate of drug-likeness (QED) is 0.649. The monoisotopic (exact) mass is 243 g/mol. The van der Waals surface area contributed by atoms with Crippen LogP contribution >= 0.6 is 0 Å². The summed E-state index contributed by atoms with van der Waals surface area (Å²) >= 11 is 0. The van der Waals surface area contributed by atoms with Crippen LogP contribution in [0.3, 0.4) is 0 Å². The van der Waals surface area contributed by atoms with Gasteiger partial charge in [-0.2, -0.15) is 17.6 Å². The van der Waals surface area contributed by atoms with Gasteiger partial charge in [0.2, 0.25) is 6.17 Å². The van der Waals surface area contributed by atoms with Crippen molar-refractivity contribution in [2.45, 2.75) is 37.0 Å². The maximum Gasteiger partial charge on any atom is 0.349 e. The Morgan fingerprint density at radius 2 is 1.27 bits per heavy atom. The third-order valence-corrected chi connectivity index (χ3v) is 1.66. The van der Waals surface area contributed by atoms with Crippen molar-refractivity contribution in [1.29, 1.82) is 0 Å². The molecule has 0 saturated carbocycles. The Balaban J connectivity index is 4.99. The predicted octanol–water partition coefficient (Wildman–Crippen LogP) is 3.42. The van der Waals surface area contributed by atoms with E-state index in [1.165, 1.54) is 0 Å². The zero-order valence-electron chi connectivity index (χ0n) is 7.17. The Morgan fingerprint density at radius 1 is 0.867 bits per heavy atom. The van der Waals surface area contributed by atoms with E-state index in [1.807, 2.05) is 0 Å². The Labute approximate surface area is 80.3 Å². The molecule has 0 bridgehead atoms. The number of rotatable bonds is 5. The molecule has 91 valence electrons. The Kier molecular flexibility index (Phi) is 4.36. The van der Waals surface area contributed by atoms with Gasteiger partial charge in [0, 0.05) is 0 Å². The van der Waals surface area contributed by atoms with Crippen molar-refractivity contribution >= 4 is 0 Å². The van der Waals surface area contributed by atoms with Crippen molar-refractivity contribution in [3.05, 3.63) is 6.92 Å². The summed E-state index contributed by atoms with van der Waals surface area (Å²) in [6, 6.07) is 0. The molecular weight excluding hydrogens is 236 g/mol. The second-order valence-electron chi connectivity index (χ2n) is 2.74. The van der Waals surface area contributed by atoms with E-state index >= 15 is 0 Å². The predicted molar refractivity (Wildman–Crippen MR) is 35.7 cm³/mol. The van der Waals surface area contributed by atoms with Crippen LogP contribution in [0, 0.1) is 6.92 Å². The lowest BCUT2D eigenvalue weighted by molar-refractivity contribution is -0.278. The first-order valence-electron chi connectivity index (χ1n) is 3.70. The van der Waals surface area contributed by atoms with Crippen LogP contribution in [0.15, 0.2) is 0 Å². The molecule has 0 N–H and O–H groups in total. The molecule has 1 radical (unpaired) electrons. The molecule has 0 spiro atoms. The lowest BCUT2D eigenvalue weighted by Crippen LogP contribution is -2.55. The van der Waals surface area contributed by atoms with Crippen molar-refractivity contribution in [3.63, 3.8) is 0 Å². The van der Waals surface area contributed by atoms with Crippen molar-refractivity contribution in [2.75, 3.05) is 0 Å². The van der Waals surface area contributed by atoms with Gasteiger partial charge in [-0.25, -0.2) is 17.6 Å². The fourth-order valence-corrected chi connectivity index (χ4v) is 0.732. The first-order valence-corrected chi connectivity index (χ1v) is 3.70. The summed E-state index contributed by atoms with van der Waals surface area (Å²) in [4.78, 5) is 0.